The Morgan fingerprint density at radius 3 is 3.07 bits per heavy atom. The van der Waals surface area contributed by atoms with Crippen molar-refractivity contribution in [1.82, 2.24) is 15.3 Å². The molecule has 1 aromatic heterocycles. The van der Waals surface area contributed by atoms with Crippen LogP contribution in [-0.4, -0.2) is 27.7 Å². The summed E-state index contributed by atoms with van der Waals surface area (Å²) in [4.78, 5) is 7.92. The summed E-state index contributed by atoms with van der Waals surface area (Å²) in [6.07, 6.45) is 5.43. The summed E-state index contributed by atoms with van der Waals surface area (Å²) in [6, 6.07) is 1.87. The van der Waals surface area contributed by atoms with Crippen molar-refractivity contribution in [2.24, 2.45) is 5.92 Å². The second-order valence-corrected chi connectivity index (χ2v) is 3.74. The summed E-state index contributed by atoms with van der Waals surface area (Å²) in [5, 5.41) is 12.8. The summed E-state index contributed by atoms with van der Waals surface area (Å²) < 4.78 is 0. The fourth-order valence-corrected chi connectivity index (χ4v) is 1.42. The summed E-state index contributed by atoms with van der Waals surface area (Å²) in [5.74, 6) is 0.535. The van der Waals surface area contributed by atoms with Crippen molar-refractivity contribution in [2.45, 2.75) is 25.5 Å². The molecule has 0 aromatic carbocycles. The number of hydrogen-bond donors (Lipinski definition) is 2. The highest BCUT2D eigenvalue weighted by Gasteiger charge is 2.28. The minimum absolute atomic E-state index is 0.183. The third-order valence-corrected chi connectivity index (χ3v) is 2.47. The minimum atomic E-state index is -0.183. The summed E-state index contributed by atoms with van der Waals surface area (Å²) in [5.41, 5.74) is 0.961. The van der Waals surface area contributed by atoms with Gasteiger partial charge in [-0.15, -0.1) is 0 Å². The second-order valence-electron chi connectivity index (χ2n) is 3.74. The van der Waals surface area contributed by atoms with Gasteiger partial charge < -0.3 is 10.4 Å². The van der Waals surface area contributed by atoms with Crippen molar-refractivity contribution in [3.8, 4) is 0 Å². The molecule has 14 heavy (non-hydrogen) atoms. The van der Waals surface area contributed by atoms with Crippen LogP contribution in [0.4, 0.5) is 0 Å². The lowest BCUT2D eigenvalue weighted by Gasteiger charge is -2.09. The highest BCUT2D eigenvalue weighted by atomic mass is 16.3. The Balaban J connectivity index is 1.67. The third kappa shape index (κ3) is 2.75. The predicted octanol–water partition coefficient (Wildman–Crippen LogP) is 0.337. The molecular formula is C10H15N3O. The largest absolute Gasteiger partial charge is 0.392 e. The molecule has 1 aliphatic carbocycles. The molecule has 4 nitrogen and oxygen atoms in total. The number of nitrogens with one attached hydrogen (secondary N) is 1. The molecular weight excluding hydrogens is 178 g/mol. The van der Waals surface area contributed by atoms with E-state index in [0.717, 1.165) is 5.69 Å². The molecule has 1 unspecified atom stereocenters. The third-order valence-electron chi connectivity index (χ3n) is 2.47. The maximum Gasteiger partial charge on any atom is 0.115 e. The van der Waals surface area contributed by atoms with Crippen LogP contribution in [0.1, 0.15) is 18.5 Å². The van der Waals surface area contributed by atoms with Crippen molar-refractivity contribution in [1.29, 1.82) is 0 Å². The topological polar surface area (TPSA) is 58.0 Å². The molecule has 0 radical (unpaired) electrons. The molecule has 1 atom stereocenters. The first-order valence-electron chi connectivity index (χ1n) is 5.00. The van der Waals surface area contributed by atoms with Gasteiger partial charge in [0.1, 0.15) is 6.33 Å². The van der Waals surface area contributed by atoms with Gasteiger partial charge in [0.15, 0.2) is 0 Å². The van der Waals surface area contributed by atoms with Crippen LogP contribution in [0, 0.1) is 5.92 Å². The molecule has 1 aliphatic rings. The van der Waals surface area contributed by atoms with Gasteiger partial charge in [-0.3, -0.25) is 0 Å². The molecule has 0 spiro atoms. The number of aliphatic hydroxyl groups is 1. The van der Waals surface area contributed by atoms with Crippen LogP contribution in [0.2, 0.25) is 0 Å². The average molecular weight is 193 g/mol. The Labute approximate surface area is 83.4 Å². The van der Waals surface area contributed by atoms with E-state index in [1.165, 1.54) is 19.2 Å². The fourth-order valence-electron chi connectivity index (χ4n) is 1.42. The van der Waals surface area contributed by atoms with Gasteiger partial charge in [-0.2, -0.15) is 0 Å². The molecule has 1 fully saturated rings. The van der Waals surface area contributed by atoms with E-state index in [9.17, 15) is 5.11 Å². The van der Waals surface area contributed by atoms with E-state index in [1.807, 2.05) is 6.07 Å². The zero-order chi connectivity index (χ0) is 9.80. The molecule has 0 aliphatic heterocycles. The van der Waals surface area contributed by atoms with Crippen LogP contribution in [-0.2, 0) is 6.54 Å². The summed E-state index contributed by atoms with van der Waals surface area (Å²) in [6.45, 7) is 1.36. The van der Waals surface area contributed by atoms with Crippen molar-refractivity contribution >= 4 is 0 Å². The molecule has 4 heteroatoms. The van der Waals surface area contributed by atoms with E-state index in [2.05, 4.69) is 15.3 Å². The minimum Gasteiger partial charge on any atom is -0.392 e. The molecule has 1 heterocycles. The van der Waals surface area contributed by atoms with E-state index in [0.29, 0.717) is 19.0 Å². The average Bonchev–Trinajstić information content (AvgIpc) is 3.02. The summed E-state index contributed by atoms with van der Waals surface area (Å²) in [7, 11) is 0. The second kappa shape index (κ2) is 4.48. The van der Waals surface area contributed by atoms with Crippen LogP contribution in [0.3, 0.4) is 0 Å². The zero-order valence-corrected chi connectivity index (χ0v) is 8.06. The maximum absolute atomic E-state index is 9.57. The van der Waals surface area contributed by atoms with Gasteiger partial charge >= 0.3 is 0 Å². The highest BCUT2D eigenvalue weighted by Crippen LogP contribution is 2.32. The van der Waals surface area contributed by atoms with Crippen LogP contribution >= 0.6 is 0 Å². The van der Waals surface area contributed by atoms with Gasteiger partial charge in [-0.05, 0) is 24.8 Å². The van der Waals surface area contributed by atoms with Gasteiger partial charge in [-0.25, -0.2) is 9.97 Å². The SMILES string of the molecule is OC(CNCc1ccncn1)C1CC1. The van der Waals surface area contributed by atoms with E-state index < -0.39 is 0 Å². The Kier molecular flexibility index (Phi) is 3.06. The quantitative estimate of drug-likeness (QED) is 0.708. The first-order valence-corrected chi connectivity index (χ1v) is 5.00. The lowest BCUT2D eigenvalue weighted by molar-refractivity contribution is 0.148. The van der Waals surface area contributed by atoms with Gasteiger partial charge in [0.05, 0.1) is 11.8 Å². The predicted molar refractivity (Wildman–Crippen MR) is 52.5 cm³/mol. The van der Waals surface area contributed by atoms with Crippen LogP contribution < -0.4 is 5.32 Å². The van der Waals surface area contributed by atoms with Crippen molar-refractivity contribution in [3.63, 3.8) is 0 Å². The molecule has 0 amide bonds. The lowest BCUT2D eigenvalue weighted by atomic mass is 10.2. The van der Waals surface area contributed by atoms with Crippen molar-refractivity contribution < 1.29 is 5.11 Å². The lowest BCUT2D eigenvalue weighted by Crippen LogP contribution is -2.28. The molecule has 1 saturated carbocycles. The first-order chi connectivity index (χ1) is 6.86. The molecule has 0 saturated heterocycles. The number of aromatic nitrogens is 2. The zero-order valence-electron chi connectivity index (χ0n) is 8.06. The smallest absolute Gasteiger partial charge is 0.115 e. The number of nitrogens with zero attached hydrogens (tertiary/aromatic N) is 2. The highest BCUT2D eigenvalue weighted by molar-refractivity contribution is 4.97. The Hall–Kier alpha value is -1.00. The van der Waals surface area contributed by atoms with Crippen LogP contribution in [0.15, 0.2) is 18.6 Å². The van der Waals surface area contributed by atoms with E-state index >= 15 is 0 Å². The van der Waals surface area contributed by atoms with Crippen LogP contribution in [0.5, 0.6) is 0 Å². The van der Waals surface area contributed by atoms with Crippen molar-refractivity contribution in [2.75, 3.05) is 6.54 Å². The molecule has 0 bridgehead atoms. The number of rotatable bonds is 5. The molecule has 2 N–H and O–H groups in total. The van der Waals surface area contributed by atoms with Crippen LogP contribution in [0.25, 0.3) is 0 Å². The van der Waals surface area contributed by atoms with E-state index in [-0.39, 0.29) is 6.10 Å². The number of hydrogen-bond acceptors (Lipinski definition) is 4. The maximum atomic E-state index is 9.57. The molecule has 2 rings (SSSR count). The Morgan fingerprint density at radius 1 is 1.57 bits per heavy atom. The monoisotopic (exact) mass is 193 g/mol. The molecule has 1 aromatic rings. The molecule has 76 valence electrons. The Bertz CT molecular complexity index is 274. The van der Waals surface area contributed by atoms with Gasteiger partial charge in [-0.1, -0.05) is 0 Å². The van der Waals surface area contributed by atoms with Gasteiger partial charge in [0.25, 0.3) is 0 Å². The van der Waals surface area contributed by atoms with Gasteiger partial charge in [0.2, 0.25) is 0 Å². The number of aliphatic hydroxyl groups excluding tert-OH is 1. The van der Waals surface area contributed by atoms with Crippen molar-refractivity contribution in [3.05, 3.63) is 24.3 Å². The normalized spacial score (nSPS) is 18.1. The standard InChI is InChI=1S/C10H15N3O/c14-10(8-1-2-8)6-12-5-9-3-4-11-7-13-9/h3-4,7-8,10,12,14H,1-2,5-6H2. The van der Waals surface area contributed by atoms with E-state index in [1.54, 1.807) is 6.20 Å². The fraction of sp³-hybridized carbons (Fsp3) is 0.600. The van der Waals surface area contributed by atoms with E-state index in [4.69, 9.17) is 0 Å². The summed E-state index contributed by atoms with van der Waals surface area (Å²) >= 11 is 0. The Morgan fingerprint density at radius 2 is 2.43 bits per heavy atom. The first kappa shape index (κ1) is 9.55. The van der Waals surface area contributed by atoms with Gasteiger partial charge in [0, 0.05) is 19.3 Å².